The maximum Gasteiger partial charge on any atom is 0.310 e. The molecule has 4 rings (SSSR count). The summed E-state index contributed by atoms with van der Waals surface area (Å²) in [5.41, 5.74) is -0.870. The Morgan fingerprint density at radius 2 is 2.39 bits per heavy atom. The standard InChI is InChI=1S/C12H13NO5/c14-9-8-7(10(15)16)6-2-3-12(8,18-6)11-13(9)4-1-5-17-11/h2-3,6-8,11H,1,4-5H2,(H,15,16)/t6-,7+,8-,11+,12+/m1/s1. The topological polar surface area (TPSA) is 76.1 Å². The zero-order chi connectivity index (χ0) is 12.5. The quantitative estimate of drug-likeness (QED) is 0.642. The third kappa shape index (κ3) is 0.976. The summed E-state index contributed by atoms with van der Waals surface area (Å²) in [4.78, 5) is 25.4. The minimum atomic E-state index is -0.968. The number of aliphatic carboxylic acids is 1. The number of carbonyl (C=O) groups is 2. The first-order chi connectivity index (χ1) is 8.65. The largest absolute Gasteiger partial charge is 0.481 e. The van der Waals surface area contributed by atoms with Crippen LogP contribution in [-0.4, -0.2) is 53.0 Å². The van der Waals surface area contributed by atoms with E-state index in [1.54, 1.807) is 11.0 Å². The van der Waals surface area contributed by atoms with E-state index in [2.05, 4.69) is 0 Å². The molecule has 1 N–H and O–H groups in total. The molecule has 1 spiro atoms. The van der Waals surface area contributed by atoms with Gasteiger partial charge >= 0.3 is 5.97 Å². The average Bonchev–Trinajstić information content (AvgIpc) is 2.99. The molecule has 2 bridgehead atoms. The van der Waals surface area contributed by atoms with E-state index in [0.717, 1.165) is 6.42 Å². The number of nitrogens with zero attached hydrogens (tertiary/aromatic N) is 1. The van der Waals surface area contributed by atoms with E-state index in [4.69, 9.17) is 9.47 Å². The first-order valence-electron chi connectivity index (χ1n) is 6.17. The van der Waals surface area contributed by atoms with Crippen molar-refractivity contribution in [2.75, 3.05) is 13.2 Å². The van der Waals surface area contributed by atoms with Gasteiger partial charge in [0, 0.05) is 6.54 Å². The van der Waals surface area contributed by atoms with Crippen molar-refractivity contribution in [1.82, 2.24) is 4.90 Å². The minimum Gasteiger partial charge on any atom is -0.481 e. The molecule has 0 aromatic rings. The Labute approximate surface area is 103 Å². The van der Waals surface area contributed by atoms with Gasteiger partial charge in [-0.1, -0.05) is 6.08 Å². The molecule has 0 unspecified atom stereocenters. The van der Waals surface area contributed by atoms with Crippen LogP contribution < -0.4 is 0 Å². The third-order valence-corrected chi connectivity index (χ3v) is 4.41. The van der Waals surface area contributed by atoms with E-state index in [0.29, 0.717) is 13.2 Å². The Hall–Kier alpha value is -1.40. The van der Waals surface area contributed by atoms with Crippen molar-refractivity contribution in [2.45, 2.75) is 24.4 Å². The molecule has 3 fully saturated rings. The highest BCUT2D eigenvalue weighted by atomic mass is 16.6. The summed E-state index contributed by atoms with van der Waals surface area (Å²) in [6.45, 7) is 1.21. The fourth-order valence-corrected chi connectivity index (χ4v) is 3.74. The van der Waals surface area contributed by atoms with Gasteiger partial charge in [0.2, 0.25) is 5.91 Å². The second kappa shape index (κ2) is 3.13. The molecule has 18 heavy (non-hydrogen) atoms. The van der Waals surface area contributed by atoms with Crippen molar-refractivity contribution < 1.29 is 24.2 Å². The number of amides is 1. The van der Waals surface area contributed by atoms with Crippen molar-refractivity contribution in [1.29, 1.82) is 0 Å². The smallest absolute Gasteiger partial charge is 0.310 e. The molecular weight excluding hydrogens is 238 g/mol. The molecule has 3 saturated heterocycles. The molecule has 5 atom stereocenters. The van der Waals surface area contributed by atoms with Crippen LogP contribution in [0.4, 0.5) is 0 Å². The van der Waals surface area contributed by atoms with Gasteiger partial charge in [-0.25, -0.2) is 0 Å². The zero-order valence-electron chi connectivity index (χ0n) is 9.61. The Morgan fingerprint density at radius 3 is 3.17 bits per heavy atom. The summed E-state index contributed by atoms with van der Waals surface area (Å²) in [6, 6.07) is 0. The van der Waals surface area contributed by atoms with E-state index in [1.165, 1.54) is 0 Å². The van der Waals surface area contributed by atoms with Crippen LogP contribution in [0.1, 0.15) is 6.42 Å². The van der Waals surface area contributed by atoms with Gasteiger partial charge in [-0.3, -0.25) is 9.59 Å². The van der Waals surface area contributed by atoms with Gasteiger partial charge in [-0.2, -0.15) is 0 Å². The number of ether oxygens (including phenoxy) is 2. The highest BCUT2D eigenvalue weighted by Gasteiger charge is 2.72. The number of carboxylic acid groups (broad SMARTS) is 1. The molecule has 6 heteroatoms. The lowest BCUT2D eigenvalue weighted by Crippen LogP contribution is -2.49. The van der Waals surface area contributed by atoms with Gasteiger partial charge in [0.15, 0.2) is 6.23 Å². The summed E-state index contributed by atoms with van der Waals surface area (Å²) >= 11 is 0. The molecule has 4 aliphatic rings. The highest BCUT2D eigenvalue weighted by Crippen LogP contribution is 2.55. The van der Waals surface area contributed by atoms with Crippen LogP contribution >= 0.6 is 0 Å². The molecule has 0 radical (unpaired) electrons. The number of fused-ring (bicyclic) bond motifs is 2. The number of rotatable bonds is 1. The molecule has 0 saturated carbocycles. The molecule has 4 aliphatic heterocycles. The minimum absolute atomic E-state index is 0.140. The van der Waals surface area contributed by atoms with E-state index in [-0.39, 0.29) is 5.91 Å². The first-order valence-corrected chi connectivity index (χ1v) is 6.17. The van der Waals surface area contributed by atoms with Crippen LogP contribution in [0.5, 0.6) is 0 Å². The predicted octanol–water partition coefficient (Wildman–Crippen LogP) is -0.401. The van der Waals surface area contributed by atoms with Crippen LogP contribution in [-0.2, 0) is 19.1 Å². The number of carboxylic acids is 1. The van der Waals surface area contributed by atoms with Crippen LogP contribution in [0, 0.1) is 11.8 Å². The molecule has 0 aromatic heterocycles. The van der Waals surface area contributed by atoms with Gasteiger partial charge in [-0.15, -0.1) is 0 Å². The summed E-state index contributed by atoms with van der Waals surface area (Å²) in [6.07, 6.45) is 3.42. The maximum atomic E-state index is 12.4. The average molecular weight is 251 g/mol. The summed E-state index contributed by atoms with van der Waals surface area (Å²) in [5, 5.41) is 9.30. The lowest BCUT2D eigenvalue weighted by atomic mass is 9.76. The van der Waals surface area contributed by atoms with Gasteiger partial charge in [0.1, 0.15) is 11.5 Å². The van der Waals surface area contributed by atoms with Crippen molar-refractivity contribution in [3.05, 3.63) is 12.2 Å². The Kier molecular flexibility index (Phi) is 1.83. The van der Waals surface area contributed by atoms with Crippen molar-refractivity contribution in [3.8, 4) is 0 Å². The highest BCUT2D eigenvalue weighted by molar-refractivity contribution is 5.91. The van der Waals surface area contributed by atoms with Gasteiger partial charge in [0.25, 0.3) is 0 Å². The van der Waals surface area contributed by atoms with E-state index >= 15 is 0 Å². The molecule has 4 heterocycles. The van der Waals surface area contributed by atoms with E-state index in [1.807, 2.05) is 6.08 Å². The van der Waals surface area contributed by atoms with Crippen molar-refractivity contribution >= 4 is 11.9 Å². The van der Waals surface area contributed by atoms with Crippen molar-refractivity contribution in [3.63, 3.8) is 0 Å². The van der Waals surface area contributed by atoms with Crippen LogP contribution in [0.25, 0.3) is 0 Å². The van der Waals surface area contributed by atoms with Crippen LogP contribution in [0.15, 0.2) is 12.2 Å². The summed E-state index contributed by atoms with van der Waals surface area (Å²) in [5.74, 6) is -2.52. The number of hydrogen-bond acceptors (Lipinski definition) is 4. The Bertz CT molecular complexity index is 475. The normalized spacial score (nSPS) is 48.4. The second-order valence-electron chi connectivity index (χ2n) is 5.25. The predicted molar refractivity (Wildman–Crippen MR) is 57.4 cm³/mol. The molecule has 6 nitrogen and oxygen atoms in total. The maximum absolute atomic E-state index is 12.4. The molecule has 1 amide bonds. The van der Waals surface area contributed by atoms with Crippen LogP contribution in [0.2, 0.25) is 0 Å². The van der Waals surface area contributed by atoms with Gasteiger partial charge in [0.05, 0.1) is 18.6 Å². The summed E-state index contributed by atoms with van der Waals surface area (Å²) in [7, 11) is 0. The lowest BCUT2D eigenvalue weighted by molar-refractivity contribution is -0.168. The molecule has 0 aliphatic carbocycles. The van der Waals surface area contributed by atoms with Gasteiger partial charge in [-0.05, 0) is 12.5 Å². The first kappa shape index (κ1) is 10.5. The van der Waals surface area contributed by atoms with Crippen LogP contribution in [0.3, 0.4) is 0 Å². The molecule has 0 aromatic carbocycles. The monoisotopic (exact) mass is 251 g/mol. The van der Waals surface area contributed by atoms with Gasteiger partial charge < -0.3 is 19.5 Å². The fraction of sp³-hybridized carbons (Fsp3) is 0.667. The Morgan fingerprint density at radius 1 is 1.56 bits per heavy atom. The number of hydrogen-bond donors (Lipinski definition) is 1. The van der Waals surface area contributed by atoms with E-state index in [9.17, 15) is 14.7 Å². The lowest BCUT2D eigenvalue weighted by Gasteiger charge is -2.36. The zero-order valence-corrected chi connectivity index (χ0v) is 9.61. The molecular formula is C12H13NO5. The SMILES string of the molecule is O=C(O)[C@H]1[C@H]2C=C[C@@]3(O2)[C@@H]2OCCCN2C(=O)[C@@H]13. The number of carbonyl (C=O) groups excluding carboxylic acids is 1. The summed E-state index contributed by atoms with van der Waals surface area (Å²) < 4.78 is 11.5. The third-order valence-electron chi connectivity index (χ3n) is 4.41. The van der Waals surface area contributed by atoms with Crippen molar-refractivity contribution in [2.24, 2.45) is 11.8 Å². The second-order valence-corrected chi connectivity index (χ2v) is 5.25. The fourth-order valence-electron chi connectivity index (χ4n) is 3.74. The molecule has 96 valence electrons. The Balaban J connectivity index is 1.82. The van der Waals surface area contributed by atoms with E-state index < -0.39 is 35.7 Å².